The lowest BCUT2D eigenvalue weighted by Gasteiger charge is -1.96. The molecule has 2 aromatic rings. The summed E-state index contributed by atoms with van der Waals surface area (Å²) in [4.78, 5) is 23.1. The molecule has 0 saturated carbocycles. The summed E-state index contributed by atoms with van der Waals surface area (Å²) in [7, 11) is 1.21. The Balaban J connectivity index is 2.25. The number of hydrogen-bond donors (Lipinski definition) is 1. The predicted molar refractivity (Wildman–Crippen MR) is 63.5 cm³/mol. The van der Waals surface area contributed by atoms with Crippen molar-refractivity contribution in [1.82, 2.24) is 9.90 Å². The monoisotopic (exact) mass is 268 g/mol. The molecule has 6 nitrogen and oxygen atoms in total. The Morgan fingerprint density at radius 3 is 2.72 bits per heavy atom. The van der Waals surface area contributed by atoms with Crippen molar-refractivity contribution in [2.45, 2.75) is 6.54 Å². The summed E-state index contributed by atoms with van der Waals surface area (Å²) in [6.07, 6.45) is 0. The van der Waals surface area contributed by atoms with Gasteiger partial charge < -0.3 is 4.74 Å². The number of benzene rings is 1. The molecule has 0 fully saturated rings. The van der Waals surface area contributed by atoms with Crippen LogP contribution in [0.5, 0.6) is 0 Å². The van der Waals surface area contributed by atoms with Crippen LogP contribution in [-0.2, 0) is 11.3 Å². The maximum Gasteiger partial charge on any atom is 0.408 e. The normalized spacial score (nSPS) is 10.3. The third kappa shape index (κ3) is 2.43. The molecule has 1 aromatic carbocycles. The van der Waals surface area contributed by atoms with Gasteiger partial charge in [-0.3, -0.25) is 0 Å². The van der Waals surface area contributed by atoms with Gasteiger partial charge in [-0.2, -0.15) is 5.10 Å². The number of carbonyl (C=O) groups is 1. The molecule has 0 unspecified atom stereocenters. The number of esters is 1. The van der Waals surface area contributed by atoms with E-state index in [1.54, 1.807) is 24.3 Å². The van der Waals surface area contributed by atoms with Gasteiger partial charge in [-0.05, 0) is 17.7 Å². The summed E-state index contributed by atoms with van der Waals surface area (Å²) in [6.45, 7) is 0.309. The van der Waals surface area contributed by atoms with E-state index in [-0.39, 0.29) is 5.69 Å². The minimum absolute atomic E-state index is 0.133. The number of nitrogens with zero attached hydrogens (tertiary/aromatic N) is 1. The van der Waals surface area contributed by atoms with Crippen LogP contribution in [0.25, 0.3) is 0 Å². The summed E-state index contributed by atoms with van der Waals surface area (Å²) >= 11 is 5.77. The molecule has 0 aliphatic rings. The largest absolute Gasteiger partial charge is 0.463 e. The van der Waals surface area contributed by atoms with Crippen LogP contribution in [0, 0.1) is 0 Å². The quantitative estimate of drug-likeness (QED) is 0.823. The second-order valence-electron chi connectivity index (χ2n) is 3.62. The predicted octanol–water partition coefficient (Wildman–Crippen LogP) is 0.479. The van der Waals surface area contributed by atoms with Crippen molar-refractivity contribution in [1.29, 1.82) is 0 Å². The average Bonchev–Trinajstić information content (AvgIpc) is 2.73. The van der Waals surface area contributed by atoms with Crippen LogP contribution in [0.1, 0.15) is 16.1 Å². The van der Waals surface area contributed by atoms with Gasteiger partial charge in [0.2, 0.25) is 0 Å². The Kier molecular flexibility index (Phi) is 3.47. The highest BCUT2D eigenvalue weighted by Gasteiger charge is 2.23. The number of rotatable bonds is 3. The molecule has 2 N–H and O–H groups in total. The Morgan fingerprint density at radius 2 is 2.11 bits per heavy atom. The second kappa shape index (κ2) is 5.05. The van der Waals surface area contributed by atoms with E-state index < -0.39 is 11.5 Å². The fraction of sp³-hybridized carbons (Fsp3) is 0.182. The van der Waals surface area contributed by atoms with E-state index >= 15 is 0 Å². The molecule has 0 radical (unpaired) electrons. The molecule has 7 heteroatoms. The molecule has 1 aromatic heterocycles. The summed E-state index contributed by atoms with van der Waals surface area (Å²) < 4.78 is 5.75. The summed E-state index contributed by atoms with van der Waals surface area (Å²) in [5.41, 5.74) is 0.288. The number of methoxy groups -OCH3 is 1. The van der Waals surface area contributed by atoms with E-state index in [1.807, 2.05) is 0 Å². The average molecular weight is 269 g/mol. The van der Waals surface area contributed by atoms with Crippen LogP contribution in [0.4, 0.5) is 0 Å². The fourth-order valence-corrected chi connectivity index (χ4v) is 1.61. The van der Waals surface area contributed by atoms with Gasteiger partial charge in [0, 0.05) is 5.02 Å². The molecular weight excluding hydrogens is 258 g/mol. The van der Waals surface area contributed by atoms with E-state index in [9.17, 15) is 9.59 Å². The summed E-state index contributed by atoms with van der Waals surface area (Å²) in [5, 5.41) is 5.70. The smallest absolute Gasteiger partial charge is 0.408 e. The molecular formula is C11H11ClN3O3+. The van der Waals surface area contributed by atoms with Crippen molar-refractivity contribution in [2.24, 2.45) is 0 Å². The first-order chi connectivity index (χ1) is 8.61. The number of hydrogen-bond acceptors (Lipinski definition) is 3. The van der Waals surface area contributed by atoms with Crippen molar-refractivity contribution in [3.63, 3.8) is 0 Å². The standard InChI is InChI=1S/C11H10ClN3O3/c1-18-11(17)9-10(16)15(14-13-9)6-7-2-4-8(12)5-3-7/h2-5,14H,6H2,1H3/p+1. The van der Waals surface area contributed by atoms with Gasteiger partial charge in [-0.15, -0.1) is 4.68 Å². The van der Waals surface area contributed by atoms with E-state index in [0.29, 0.717) is 11.6 Å². The minimum Gasteiger partial charge on any atom is -0.463 e. The molecule has 0 aliphatic heterocycles. The van der Waals surface area contributed by atoms with E-state index in [4.69, 9.17) is 11.6 Å². The number of H-pyrrole nitrogens is 2. The first kappa shape index (κ1) is 12.4. The molecule has 0 aliphatic carbocycles. The van der Waals surface area contributed by atoms with Crippen LogP contribution in [0.3, 0.4) is 0 Å². The zero-order chi connectivity index (χ0) is 13.1. The third-order valence-electron chi connectivity index (χ3n) is 2.42. The summed E-state index contributed by atoms with van der Waals surface area (Å²) in [5.74, 6) is -0.703. The topological polar surface area (TPSA) is 78.2 Å². The molecule has 0 bridgehead atoms. The van der Waals surface area contributed by atoms with E-state index in [0.717, 1.165) is 5.56 Å². The van der Waals surface area contributed by atoms with Gasteiger partial charge in [0.05, 0.1) is 7.11 Å². The van der Waals surface area contributed by atoms with Crippen LogP contribution in [0.15, 0.2) is 29.1 Å². The highest BCUT2D eigenvalue weighted by Crippen LogP contribution is 2.09. The van der Waals surface area contributed by atoms with Gasteiger partial charge in [-0.1, -0.05) is 28.9 Å². The number of aromatic amines is 2. The Morgan fingerprint density at radius 1 is 1.44 bits per heavy atom. The number of aromatic nitrogens is 3. The third-order valence-corrected chi connectivity index (χ3v) is 2.67. The highest BCUT2D eigenvalue weighted by molar-refractivity contribution is 6.30. The van der Waals surface area contributed by atoms with Crippen molar-refractivity contribution < 1.29 is 14.6 Å². The highest BCUT2D eigenvalue weighted by atomic mass is 35.5. The summed E-state index contributed by atoms with van der Waals surface area (Å²) in [6, 6.07) is 7.06. The Bertz CT molecular complexity index is 615. The van der Waals surface area contributed by atoms with Crippen LogP contribution < -0.4 is 10.7 Å². The Hall–Kier alpha value is -2.08. The minimum atomic E-state index is -0.703. The van der Waals surface area contributed by atoms with Crippen LogP contribution in [-0.4, -0.2) is 23.0 Å². The van der Waals surface area contributed by atoms with Crippen molar-refractivity contribution in [3.05, 3.63) is 50.9 Å². The molecule has 18 heavy (non-hydrogen) atoms. The first-order valence-corrected chi connectivity index (χ1v) is 5.53. The van der Waals surface area contributed by atoms with Crippen LogP contribution in [0.2, 0.25) is 5.02 Å². The number of nitrogens with one attached hydrogen (secondary N) is 2. The maximum atomic E-state index is 11.8. The van der Waals surface area contributed by atoms with Gasteiger partial charge in [0.25, 0.3) is 0 Å². The van der Waals surface area contributed by atoms with Gasteiger partial charge >= 0.3 is 17.2 Å². The molecule has 0 amide bonds. The van der Waals surface area contributed by atoms with Crippen molar-refractivity contribution in [3.8, 4) is 0 Å². The SMILES string of the molecule is COC(=O)c1[nH+][nH]n(Cc2ccc(Cl)cc2)c1=O. The maximum absolute atomic E-state index is 11.8. The van der Waals surface area contributed by atoms with E-state index in [2.05, 4.69) is 15.0 Å². The number of halogens is 1. The zero-order valence-corrected chi connectivity index (χ0v) is 10.3. The van der Waals surface area contributed by atoms with Crippen molar-refractivity contribution in [2.75, 3.05) is 7.11 Å². The number of ether oxygens (including phenoxy) is 1. The second-order valence-corrected chi connectivity index (χ2v) is 4.06. The lowest BCUT2D eigenvalue weighted by molar-refractivity contribution is -0.462. The van der Waals surface area contributed by atoms with E-state index in [1.165, 1.54) is 11.8 Å². The van der Waals surface area contributed by atoms with Crippen molar-refractivity contribution >= 4 is 17.6 Å². The molecule has 94 valence electrons. The van der Waals surface area contributed by atoms with Gasteiger partial charge in [0.1, 0.15) is 6.54 Å². The Labute approximate surface area is 107 Å². The molecule has 0 atom stereocenters. The molecule has 1 heterocycles. The van der Waals surface area contributed by atoms with Crippen LogP contribution >= 0.6 is 11.6 Å². The molecule has 2 rings (SSSR count). The first-order valence-electron chi connectivity index (χ1n) is 5.15. The fourth-order valence-electron chi connectivity index (χ4n) is 1.49. The number of carbonyl (C=O) groups excluding carboxylic acids is 1. The molecule has 0 saturated heterocycles. The lowest BCUT2D eigenvalue weighted by atomic mass is 10.2. The zero-order valence-electron chi connectivity index (χ0n) is 9.57. The van der Waals surface area contributed by atoms with Gasteiger partial charge in [-0.25, -0.2) is 9.59 Å². The molecule has 0 spiro atoms. The van der Waals surface area contributed by atoms with Gasteiger partial charge in [0.15, 0.2) is 0 Å². The lowest BCUT2D eigenvalue weighted by Crippen LogP contribution is -2.25.